The maximum absolute atomic E-state index is 13.8. The van der Waals surface area contributed by atoms with Crippen LogP contribution < -0.4 is 10.6 Å². The summed E-state index contributed by atoms with van der Waals surface area (Å²) in [5.74, 6) is -1.69. The molecule has 5 nitrogen and oxygen atoms in total. The van der Waals surface area contributed by atoms with Crippen LogP contribution in [-0.4, -0.2) is 15.9 Å². The second-order valence-corrected chi connectivity index (χ2v) is 5.81. The molecule has 0 fully saturated rings. The molecule has 2 N–H and O–H groups in total. The third-order valence-corrected chi connectivity index (χ3v) is 3.60. The van der Waals surface area contributed by atoms with E-state index >= 15 is 0 Å². The summed E-state index contributed by atoms with van der Waals surface area (Å²) in [6, 6.07) is 11.4. The molecule has 1 amide bonds. The van der Waals surface area contributed by atoms with E-state index in [1.807, 2.05) is 0 Å². The van der Waals surface area contributed by atoms with E-state index < -0.39 is 17.5 Å². The number of halogens is 3. The van der Waals surface area contributed by atoms with Crippen LogP contribution in [0.4, 0.5) is 26.0 Å². The van der Waals surface area contributed by atoms with Crippen LogP contribution >= 0.6 is 11.6 Å². The Hall–Kier alpha value is -3.06. The van der Waals surface area contributed by atoms with Crippen LogP contribution in [0, 0.1) is 18.6 Å². The van der Waals surface area contributed by atoms with Gasteiger partial charge in [-0.1, -0.05) is 23.7 Å². The van der Waals surface area contributed by atoms with Crippen molar-refractivity contribution in [3.05, 3.63) is 76.7 Å². The van der Waals surface area contributed by atoms with E-state index in [1.54, 1.807) is 31.2 Å². The van der Waals surface area contributed by atoms with Crippen LogP contribution in [-0.2, 0) is 0 Å². The maximum Gasteiger partial charge on any atom is 0.274 e. The number of benzene rings is 2. The molecule has 3 rings (SSSR count). The lowest BCUT2D eigenvalue weighted by Gasteiger charge is -2.10. The molecule has 1 heterocycles. The summed E-state index contributed by atoms with van der Waals surface area (Å²) >= 11 is 5.89. The molecule has 0 atom stereocenters. The zero-order valence-electron chi connectivity index (χ0n) is 13.6. The van der Waals surface area contributed by atoms with E-state index in [4.69, 9.17) is 11.6 Å². The molecule has 0 aliphatic rings. The number of anilines is 3. The number of amides is 1. The van der Waals surface area contributed by atoms with Gasteiger partial charge in [0.15, 0.2) is 0 Å². The Morgan fingerprint density at radius 1 is 1.04 bits per heavy atom. The van der Waals surface area contributed by atoms with Crippen molar-refractivity contribution in [1.82, 2.24) is 9.97 Å². The zero-order valence-corrected chi connectivity index (χ0v) is 14.3. The SMILES string of the molecule is Cc1nc(Nc2c(F)cccc2F)cc(C(=O)Nc2cccc(Cl)c2)n1. The fraction of sp³-hybridized carbons (Fsp3) is 0.0556. The van der Waals surface area contributed by atoms with Gasteiger partial charge < -0.3 is 10.6 Å². The van der Waals surface area contributed by atoms with E-state index in [-0.39, 0.29) is 23.0 Å². The van der Waals surface area contributed by atoms with Crippen molar-refractivity contribution >= 4 is 34.7 Å². The lowest BCUT2D eigenvalue weighted by atomic mass is 10.2. The van der Waals surface area contributed by atoms with Gasteiger partial charge in [0.05, 0.1) is 0 Å². The topological polar surface area (TPSA) is 66.9 Å². The van der Waals surface area contributed by atoms with Crippen LogP contribution in [0.25, 0.3) is 0 Å². The van der Waals surface area contributed by atoms with Gasteiger partial charge in [-0.05, 0) is 37.3 Å². The lowest BCUT2D eigenvalue weighted by Crippen LogP contribution is -2.15. The average Bonchev–Trinajstić information content (AvgIpc) is 2.58. The molecule has 0 unspecified atom stereocenters. The summed E-state index contributed by atoms with van der Waals surface area (Å²) in [4.78, 5) is 20.5. The van der Waals surface area contributed by atoms with Crippen molar-refractivity contribution in [3.8, 4) is 0 Å². The van der Waals surface area contributed by atoms with Gasteiger partial charge in [0, 0.05) is 16.8 Å². The van der Waals surface area contributed by atoms with Gasteiger partial charge in [-0.15, -0.1) is 0 Å². The predicted molar refractivity (Wildman–Crippen MR) is 95.8 cm³/mol. The van der Waals surface area contributed by atoms with E-state index in [2.05, 4.69) is 20.6 Å². The van der Waals surface area contributed by atoms with Crippen LogP contribution in [0.1, 0.15) is 16.3 Å². The number of rotatable bonds is 4. The number of carbonyl (C=O) groups is 1. The number of hydrogen-bond donors (Lipinski definition) is 2. The van der Waals surface area contributed by atoms with E-state index in [9.17, 15) is 13.6 Å². The van der Waals surface area contributed by atoms with E-state index in [0.29, 0.717) is 10.7 Å². The number of hydrogen-bond acceptors (Lipinski definition) is 4. The van der Waals surface area contributed by atoms with Crippen LogP contribution in [0.2, 0.25) is 5.02 Å². The Balaban J connectivity index is 1.86. The monoisotopic (exact) mass is 374 g/mol. The lowest BCUT2D eigenvalue weighted by molar-refractivity contribution is 0.102. The first-order valence-corrected chi connectivity index (χ1v) is 7.94. The Bertz CT molecular complexity index is 961. The molecule has 0 aliphatic heterocycles. The molecule has 0 bridgehead atoms. The molecular weight excluding hydrogens is 362 g/mol. The van der Waals surface area contributed by atoms with Gasteiger partial charge >= 0.3 is 0 Å². The second kappa shape index (κ2) is 7.45. The average molecular weight is 375 g/mol. The summed E-state index contributed by atoms with van der Waals surface area (Å²) in [5.41, 5.74) is 0.178. The molecule has 0 saturated heterocycles. The van der Waals surface area contributed by atoms with Crippen molar-refractivity contribution in [3.63, 3.8) is 0 Å². The molecule has 132 valence electrons. The first-order chi connectivity index (χ1) is 12.4. The standard InChI is InChI=1S/C18H13ClF2N4O/c1-10-22-15(18(26)24-12-5-2-4-11(19)8-12)9-16(23-10)25-17-13(20)6-3-7-14(17)21/h2-9H,1H3,(H,24,26)(H,22,23,25). The fourth-order valence-electron chi connectivity index (χ4n) is 2.25. The normalized spacial score (nSPS) is 10.5. The van der Waals surface area contributed by atoms with E-state index in [1.165, 1.54) is 12.1 Å². The second-order valence-electron chi connectivity index (χ2n) is 5.37. The number of aryl methyl sites for hydroxylation is 1. The highest BCUT2D eigenvalue weighted by molar-refractivity contribution is 6.30. The minimum absolute atomic E-state index is 0.0386. The molecule has 0 radical (unpaired) electrons. The summed E-state index contributed by atoms with van der Waals surface area (Å²) in [6.45, 7) is 1.57. The summed E-state index contributed by atoms with van der Waals surface area (Å²) in [5, 5.41) is 5.67. The van der Waals surface area contributed by atoms with Gasteiger partial charge in [-0.25, -0.2) is 18.7 Å². The van der Waals surface area contributed by atoms with Crippen molar-refractivity contribution in [2.24, 2.45) is 0 Å². The fourth-order valence-corrected chi connectivity index (χ4v) is 2.45. The largest absolute Gasteiger partial charge is 0.335 e. The summed E-state index contributed by atoms with van der Waals surface area (Å²) in [6.07, 6.45) is 0. The number of nitrogens with zero attached hydrogens (tertiary/aromatic N) is 2. The first kappa shape index (κ1) is 17.8. The number of carbonyl (C=O) groups excluding carboxylic acids is 1. The molecule has 3 aromatic rings. The number of aromatic nitrogens is 2. The smallest absolute Gasteiger partial charge is 0.274 e. The van der Waals surface area contributed by atoms with Gasteiger partial charge in [0.2, 0.25) is 0 Å². The molecule has 26 heavy (non-hydrogen) atoms. The zero-order chi connectivity index (χ0) is 18.7. The summed E-state index contributed by atoms with van der Waals surface area (Å²) < 4.78 is 27.6. The molecule has 1 aromatic heterocycles. The van der Waals surface area contributed by atoms with Gasteiger partial charge in [0.25, 0.3) is 5.91 Å². The molecule has 0 aliphatic carbocycles. The van der Waals surface area contributed by atoms with Gasteiger partial charge in [-0.3, -0.25) is 4.79 Å². The highest BCUT2D eigenvalue weighted by Gasteiger charge is 2.14. The predicted octanol–water partition coefficient (Wildman–Crippen LogP) is 4.71. The Morgan fingerprint density at radius 3 is 2.42 bits per heavy atom. The minimum atomic E-state index is -0.772. The quantitative estimate of drug-likeness (QED) is 0.694. The van der Waals surface area contributed by atoms with Crippen molar-refractivity contribution in [2.75, 3.05) is 10.6 Å². The number of nitrogens with one attached hydrogen (secondary N) is 2. The molecular formula is C18H13ClF2N4O. The van der Waals surface area contributed by atoms with Gasteiger partial charge in [-0.2, -0.15) is 0 Å². The van der Waals surface area contributed by atoms with Crippen molar-refractivity contribution in [2.45, 2.75) is 6.92 Å². The highest BCUT2D eigenvalue weighted by atomic mass is 35.5. The molecule has 2 aromatic carbocycles. The first-order valence-electron chi connectivity index (χ1n) is 7.56. The third-order valence-electron chi connectivity index (χ3n) is 3.37. The molecule has 0 spiro atoms. The van der Waals surface area contributed by atoms with Crippen LogP contribution in [0.5, 0.6) is 0 Å². The van der Waals surface area contributed by atoms with Crippen LogP contribution in [0.3, 0.4) is 0 Å². The highest BCUT2D eigenvalue weighted by Crippen LogP contribution is 2.23. The van der Waals surface area contributed by atoms with Crippen molar-refractivity contribution in [1.29, 1.82) is 0 Å². The Labute approximate surface area is 153 Å². The third kappa shape index (κ3) is 4.12. The van der Waals surface area contributed by atoms with Gasteiger partial charge in [0.1, 0.15) is 34.7 Å². The van der Waals surface area contributed by atoms with E-state index in [0.717, 1.165) is 12.1 Å². The molecule has 8 heteroatoms. The van der Waals surface area contributed by atoms with Crippen LogP contribution in [0.15, 0.2) is 48.5 Å². The maximum atomic E-state index is 13.8. The number of para-hydroxylation sites is 1. The summed E-state index contributed by atoms with van der Waals surface area (Å²) in [7, 11) is 0. The molecule has 0 saturated carbocycles. The van der Waals surface area contributed by atoms with Crippen molar-refractivity contribution < 1.29 is 13.6 Å². The minimum Gasteiger partial charge on any atom is -0.335 e. The Morgan fingerprint density at radius 2 is 1.73 bits per heavy atom. The Kier molecular flexibility index (Phi) is 5.09.